The number of benzene rings is 3. The van der Waals surface area contributed by atoms with Crippen molar-refractivity contribution in [1.29, 1.82) is 0 Å². The van der Waals surface area contributed by atoms with Gasteiger partial charge in [0.2, 0.25) is 0 Å². The Kier molecular flexibility index (Phi) is 10.6. The number of halogens is 17. The second kappa shape index (κ2) is 13.2. The summed E-state index contributed by atoms with van der Waals surface area (Å²) in [6.07, 6.45) is -11.8. The number of aliphatic imine (C=N–C) groups is 1. The summed E-state index contributed by atoms with van der Waals surface area (Å²) in [7, 11) is 0. The Morgan fingerprint density at radius 3 is 1.34 bits per heavy atom. The lowest BCUT2D eigenvalue weighted by Crippen LogP contribution is -2.74. The molecule has 0 heterocycles. The molecule has 0 radical (unpaired) electrons. The molecule has 0 atom stereocenters. The minimum Gasteiger partial charge on any atom is -0.295 e. The zero-order valence-corrected chi connectivity index (χ0v) is 24.7. The average Bonchev–Trinajstić information content (AvgIpc) is 3.02. The van der Waals surface area contributed by atoms with Gasteiger partial charge in [0.15, 0.2) is 5.78 Å². The van der Waals surface area contributed by atoms with E-state index in [-0.39, 0.29) is 22.6 Å². The Balaban J connectivity index is 1.91. The van der Waals surface area contributed by atoms with Crippen molar-refractivity contribution in [1.82, 2.24) is 0 Å². The fraction of sp³-hybridized carbons (Fsp3) is 0.355. The van der Waals surface area contributed by atoms with E-state index in [9.17, 15) is 79.4 Å². The van der Waals surface area contributed by atoms with Gasteiger partial charge in [-0.25, -0.2) is 4.99 Å². The van der Waals surface area contributed by atoms with E-state index in [2.05, 4.69) is 4.99 Å². The summed E-state index contributed by atoms with van der Waals surface area (Å²) in [5, 5.41) is 0. The molecular weight excluding hydrogens is 725 g/mol. The van der Waals surface area contributed by atoms with Gasteiger partial charge in [0, 0.05) is 23.1 Å². The molecule has 3 rings (SSSR count). The quantitative estimate of drug-likeness (QED) is 0.0973. The topological polar surface area (TPSA) is 29.4 Å². The van der Waals surface area contributed by atoms with Gasteiger partial charge < -0.3 is 0 Å². The maximum Gasteiger partial charge on any atom is 0.460 e. The molecule has 0 N–H and O–H groups in total. The Bertz CT molecular complexity index is 1680. The number of hydrogen-bond donors (Lipinski definition) is 0. The highest BCUT2D eigenvalue weighted by molar-refractivity contribution is 6.14. The van der Waals surface area contributed by atoms with Crippen molar-refractivity contribution in [3.8, 4) is 0 Å². The molecule has 0 aliphatic rings. The first-order chi connectivity index (χ1) is 22.6. The summed E-state index contributed by atoms with van der Waals surface area (Å²) in [5.41, 5.74) is 1.22. The standard InChI is InChI=1S/C31H20F17NO/c1-17(50)19-11-13-22(14-12-19)49-23(20-5-3-2-4-6-20)21-9-7-18(8-10-21)15-16-24(32,33)25(34,35)26(36,37)27(38,39)28(40,41)29(42,43)30(44,45)31(46,47)48/h2-14H,15-16H2,1H3. The lowest BCUT2D eigenvalue weighted by atomic mass is 9.87. The molecule has 0 spiro atoms. The second-order valence-corrected chi connectivity index (χ2v) is 10.8. The molecule has 0 aromatic heterocycles. The highest BCUT2D eigenvalue weighted by Gasteiger charge is 2.95. The first-order valence-corrected chi connectivity index (χ1v) is 13.6. The van der Waals surface area contributed by atoms with Gasteiger partial charge in [-0.3, -0.25) is 4.79 Å². The number of Topliss-reactive ketones (excluding diaryl/α,β-unsaturated/α-hetero) is 1. The fourth-order valence-electron chi connectivity index (χ4n) is 4.28. The van der Waals surface area contributed by atoms with Crippen LogP contribution in [0.5, 0.6) is 0 Å². The minimum atomic E-state index is -8.66. The summed E-state index contributed by atoms with van der Waals surface area (Å²) in [5.74, 6) is -56.8. The van der Waals surface area contributed by atoms with Crippen molar-refractivity contribution in [2.75, 3.05) is 0 Å². The van der Waals surface area contributed by atoms with Crippen LogP contribution in [-0.4, -0.2) is 59.1 Å². The van der Waals surface area contributed by atoms with E-state index in [1.165, 1.54) is 43.3 Å². The van der Waals surface area contributed by atoms with Gasteiger partial charge >= 0.3 is 47.6 Å². The van der Waals surface area contributed by atoms with Crippen molar-refractivity contribution in [3.05, 3.63) is 101 Å². The zero-order chi connectivity index (χ0) is 38.4. The Hall–Kier alpha value is -4.19. The molecule has 0 aliphatic carbocycles. The van der Waals surface area contributed by atoms with Gasteiger partial charge in [-0.15, -0.1) is 0 Å². The highest BCUT2D eigenvalue weighted by Crippen LogP contribution is 2.64. The molecule has 0 fully saturated rings. The van der Waals surface area contributed by atoms with E-state index < -0.39 is 60.5 Å². The lowest BCUT2D eigenvalue weighted by Gasteiger charge is -2.42. The molecule has 19 heteroatoms. The number of alkyl halides is 17. The van der Waals surface area contributed by atoms with Crippen LogP contribution in [0.15, 0.2) is 83.9 Å². The molecular formula is C31H20F17NO. The second-order valence-electron chi connectivity index (χ2n) is 10.8. The van der Waals surface area contributed by atoms with Crippen LogP contribution in [0.4, 0.5) is 80.3 Å². The molecule has 3 aromatic rings. The number of ketones is 1. The number of hydrogen-bond acceptors (Lipinski definition) is 2. The fourth-order valence-corrected chi connectivity index (χ4v) is 4.28. The number of carbonyl (C=O) groups is 1. The summed E-state index contributed by atoms with van der Waals surface area (Å²) < 4.78 is 230. The van der Waals surface area contributed by atoms with Crippen molar-refractivity contribution in [2.45, 2.75) is 67.4 Å². The molecule has 0 saturated heterocycles. The van der Waals surface area contributed by atoms with Crippen LogP contribution in [0.1, 0.15) is 40.4 Å². The first kappa shape index (κ1) is 40.2. The van der Waals surface area contributed by atoms with Crippen LogP contribution in [0, 0.1) is 0 Å². The van der Waals surface area contributed by atoms with Crippen molar-refractivity contribution >= 4 is 17.2 Å². The molecule has 2 nitrogen and oxygen atoms in total. The van der Waals surface area contributed by atoms with Crippen LogP contribution in [0.25, 0.3) is 0 Å². The minimum absolute atomic E-state index is 0.222. The molecule has 3 aromatic carbocycles. The Morgan fingerprint density at radius 2 is 0.900 bits per heavy atom. The Morgan fingerprint density at radius 1 is 0.500 bits per heavy atom. The molecule has 274 valence electrons. The third kappa shape index (κ3) is 6.78. The van der Waals surface area contributed by atoms with E-state index in [0.717, 1.165) is 12.1 Å². The normalized spacial score (nSPS) is 14.6. The van der Waals surface area contributed by atoms with E-state index in [1.54, 1.807) is 30.3 Å². The van der Waals surface area contributed by atoms with E-state index in [0.29, 0.717) is 16.8 Å². The summed E-state index contributed by atoms with van der Waals surface area (Å²) in [6, 6.07) is 18.2. The largest absolute Gasteiger partial charge is 0.460 e. The number of aryl methyl sites for hydroxylation is 1. The van der Waals surface area contributed by atoms with Crippen LogP contribution >= 0.6 is 0 Å². The van der Waals surface area contributed by atoms with Crippen LogP contribution in [0.2, 0.25) is 0 Å². The maximum atomic E-state index is 14.4. The summed E-state index contributed by atoms with van der Waals surface area (Å²) >= 11 is 0. The van der Waals surface area contributed by atoms with Gasteiger partial charge in [-0.2, -0.15) is 74.6 Å². The predicted octanol–water partition coefficient (Wildman–Crippen LogP) is 11.0. The van der Waals surface area contributed by atoms with Crippen LogP contribution < -0.4 is 0 Å². The Labute approximate surface area is 270 Å². The van der Waals surface area contributed by atoms with Crippen LogP contribution in [-0.2, 0) is 6.42 Å². The first-order valence-electron chi connectivity index (χ1n) is 13.6. The maximum absolute atomic E-state index is 14.4. The molecule has 0 unspecified atom stereocenters. The zero-order valence-electron chi connectivity index (χ0n) is 24.7. The molecule has 50 heavy (non-hydrogen) atoms. The van der Waals surface area contributed by atoms with E-state index in [1.807, 2.05) is 0 Å². The number of nitrogens with zero attached hydrogens (tertiary/aromatic N) is 1. The third-order valence-corrected chi connectivity index (χ3v) is 7.30. The van der Waals surface area contributed by atoms with Gasteiger partial charge in [0.05, 0.1) is 11.4 Å². The molecule has 0 aliphatic heterocycles. The number of rotatable bonds is 13. The summed E-state index contributed by atoms with van der Waals surface area (Å²) in [6.45, 7) is 1.32. The average molecular weight is 745 g/mol. The van der Waals surface area contributed by atoms with Gasteiger partial charge in [-0.05, 0) is 43.2 Å². The summed E-state index contributed by atoms with van der Waals surface area (Å²) in [4.78, 5) is 16.0. The number of carbonyl (C=O) groups excluding carboxylic acids is 1. The third-order valence-electron chi connectivity index (χ3n) is 7.30. The highest BCUT2D eigenvalue weighted by atomic mass is 19.4. The molecule has 0 saturated carbocycles. The van der Waals surface area contributed by atoms with Crippen molar-refractivity contribution in [3.63, 3.8) is 0 Å². The SMILES string of the molecule is CC(=O)c1ccc(N=C(c2ccccc2)c2ccc(CCC(F)(F)C(F)(F)C(F)(F)C(F)(F)C(F)(F)C(F)(F)C(F)(F)C(F)(F)F)cc2)cc1. The van der Waals surface area contributed by atoms with Gasteiger partial charge in [0.1, 0.15) is 0 Å². The lowest BCUT2D eigenvalue weighted by molar-refractivity contribution is -0.461. The molecule has 0 amide bonds. The smallest absolute Gasteiger partial charge is 0.295 e. The predicted molar refractivity (Wildman–Crippen MR) is 144 cm³/mol. The van der Waals surface area contributed by atoms with Crippen molar-refractivity contribution < 1.29 is 79.4 Å². The van der Waals surface area contributed by atoms with Gasteiger partial charge in [0.25, 0.3) is 0 Å². The van der Waals surface area contributed by atoms with E-state index >= 15 is 0 Å². The monoisotopic (exact) mass is 745 g/mol. The van der Waals surface area contributed by atoms with Crippen molar-refractivity contribution in [2.24, 2.45) is 4.99 Å². The van der Waals surface area contributed by atoms with E-state index in [4.69, 9.17) is 0 Å². The molecule has 0 bridgehead atoms. The van der Waals surface area contributed by atoms with Gasteiger partial charge in [-0.1, -0.05) is 54.6 Å². The van der Waals surface area contributed by atoms with Crippen LogP contribution in [0.3, 0.4) is 0 Å².